The quantitative estimate of drug-likeness (QED) is 0.594. The van der Waals surface area contributed by atoms with Gasteiger partial charge in [-0.25, -0.2) is 0 Å². The van der Waals surface area contributed by atoms with Crippen LogP contribution in [0, 0.1) is 0 Å². The zero-order valence-electron chi connectivity index (χ0n) is 13.4. The molecular formula is C19H22O5. The molecule has 0 unspecified atom stereocenters. The summed E-state index contributed by atoms with van der Waals surface area (Å²) in [6, 6.07) is 8.93. The molecule has 0 heterocycles. The number of Topliss-reactive ketones (excluding diaryl/α,β-unsaturated/α-hetero) is 1. The van der Waals surface area contributed by atoms with Crippen LogP contribution in [0.3, 0.4) is 0 Å². The lowest BCUT2D eigenvalue weighted by Crippen LogP contribution is -2.00. The third-order valence-corrected chi connectivity index (χ3v) is 3.94. The van der Waals surface area contributed by atoms with Crippen molar-refractivity contribution in [2.24, 2.45) is 0 Å². The standard InChI is InChI=1S/C19H22O5/c20-15(5-1-3-13-7-9-16(21)11-18(13)23)6-2-4-14-8-10-17(22)12-19(14)24/h7-12,21-24H,1-6H2. The Balaban J connectivity index is 1.70. The summed E-state index contributed by atoms with van der Waals surface area (Å²) in [5.74, 6) is 0.275. The molecule has 4 N–H and O–H groups in total. The number of hydrogen-bond acceptors (Lipinski definition) is 5. The van der Waals surface area contributed by atoms with Gasteiger partial charge in [0.15, 0.2) is 0 Å². The molecule has 2 rings (SSSR count). The van der Waals surface area contributed by atoms with E-state index in [1.54, 1.807) is 12.1 Å². The summed E-state index contributed by atoms with van der Waals surface area (Å²) in [5.41, 5.74) is 1.43. The van der Waals surface area contributed by atoms with Crippen molar-refractivity contribution in [3.8, 4) is 23.0 Å². The van der Waals surface area contributed by atoms with Crippen LogP contribution >= 0.6 is 0 Å². The maximum atomic E-state index is 11.9. The Kier molecular flexibility index (Phi) is 6.07. The largest absolute Gasteiger partial charge is 0.508 e. The van der Waals surface area contributed by atoms with Crippen LogP contribution in [0.25, 0.3) is 0 Å². The predicted octanol–water partition coefficient (Wildman–Crippen LogP) is 3.42. The number of aryl methyl sites for hydroxylation is 2. The lowest BCUT2D eigenvalue weighted by molar-refractivity contribution is -0.119. The third-order valence-electron chi connectivity index (χ3n) is 3.94. The minimum atomic E-state index is 0.0183. The second-order valence-electron chi connectivity index (χ2n) is 5.87. The molecule has 0 aliphatic rings. The molecule has 5 nitrogen and oxygen atoms in total. The zero-order valence-corrected chi connectivity index (χ0v) is 13.4. The van der Waals surface area contributed by atoms with Crippen molar-refractivity contribution >= 4 is 5.78 Å². The molecule has 0 atom stereocenters. The van der Waals surface area contributed by atoms with Gasteiger partial charge in [0, 0.05) is 25.0 Å². The van der Waals surface area contributed by atoms with Crippen LogP contribution in [-0.4, -0.2) is 26.2 Å². The summed E-state index contributed by atoms with van der Waals surface area (Å²) in [6.07, 6.45) is 3.31. The Morgan fingerprint density at radius 2 is 1.12 bits per heavy atom. The number of ketones is 1. The van der Waals surface area contributed by atoms with E-state index in [1.165, 1.54) is 24.3 Å². The molecule has 0 spiro atoms. The van der Waals surface area contributed by atoms with E-state index in [-0.39, 0.29) is 28.8 Å². The fraction of sp³-hybridized carbons (Fsp3) is 0.316. The third kappa shape index (κ3) is 5.19. The molecule has 0 aliphatic carbocycles. The summed E-state index contributed by atoms with van der Waals surface area (Å²) in [7, 11) is 0. The average molecular weight is 330 g/mol. The summed E-state index contributed by atoms with van der Waals surface area (Å²) in [5, 5.41) is 37.8. The molecule has 0 aromatic heterocycles. The zero-order chi connectivity index (χ0) is 17.5. The van der Waals surface area contributed by atoms with E-state index < -0.39 is 0 Å². The molecule has 0 saturated heterocycles. The minimum Gasteiger partial charge on any atom is -0.508 e. The van der Waals surface area contributed by atoms with Crippen molar-refractivity contribution in [3.63, 3.8) is 0 Å². The SMILES string of the molecule is O=C(CCCc1ccc(O)cc1O)CCCc1ccc(O)cc1O. The lowest BCUT2D eigenvalue weighted by atomic mass is 10.0. The Morgan fingerprint density at radius 3 is 1.50 bits per heavy atom. The van der Waals surface area contributed by atoms with Gasteiger partial charge in [0.05, 0.1) is 0 Å². The highest BCUT2D eigenvalue weighted by Crippen LogP contribution is 2.25. The Hall–Kier alpha value is -2.69. The Labute approximate surface area is 140 Å². The highest BCUT2D eigenvalue weighted by molar-refractivity contribution is 5.78. The lowest BCUT2D eigenvalue weighted by Gasteiger charge is -2.06. The van der Waals surface area contributed by atoms with Crippen molar-refractivity contribution < 1.29 is 25.2 Å². The molecule has 0 radical (unpaired) electrons. The molecule has 0 bridgehead atoms. The number of aromatic hydroxyl groups is 4. The molecule has 0 amide bonds. The molecular weight excluding hydrogens is 308 g/mol. The Bertz CT molecular complexity index is 649. The van der Waals surface area contributed by atoms with E-state index in [9.17, 15) is 25.2 Å². The van der Waals surface area contributed by atoms with Crippen LogP contribution in [0.4, 0.5) is 0 Å². The number of phenolic OH excluding ortho intramolecular Hbond substituents is 4. The van der Waals surface area contributed by atoms with Crippen molar-refractivity contribution in [1.82, 2.24) is 0 Å². The van der Waals surface area contributed by atoms with Gasteiger partial charge in [-0.05, 0) is 48.9 Å². The first-order valence-corrected chi connectivity index (χ1v) is 7.99. The summed E-state index contributed by atoms with van der Waals surface area (Å²) < 4.78 is 0. The van der Waals surface area contributed by atoms with Crippen LogP contribution in [0.15, 0.2) is 36.4 Å². The van der Waals surface area contributed by atoms with Crippen LogP contribution in [-0.2, 0) is 17.6 Å². The van der Waals surface area contributed by atoms with E-state index >= 15 is 0 Å². The molecule has 0 saturated carbocycles. The van der Waals surface area contributed by atoms with Crippen LogP contribution in [0.2, 0.25) is 0 Å². The first kappa shape index (κ1) is 17.7. The van der Waals surface area contributed by atoms with Gasteiger partial charge in [-0.15, -0.1) is 0 Å². The van der Waals surface area contributed by atoms with Crippen LogP contribution in [0.1, 0.15) is 36.8 Å². The molecule has 0 aliphatic heterocycles. The fourth-order valence-electron chi connectivity index (χ4n) is 2.60. The number of carbonyl (C=O) groups excluding carboxylic acids is 1. The normalized spacial score (nSPS) is 10.7. The number of phenols is 4. The van der Waals surface area contributed by atoms with Crippen molar-refractivity contribution in [2.45, 2.75) is 38.5 Å². The van der Waals surface area contributed by atoms with Gasteiger partial charge in [0.25, 0.3) is 0 Å². The first-order valence-electron chi connectivity index (χ1n) is 7.99. The number of hydrogen-bond donors (Lipinski definition) is 4. The van der Waals surface area contributed by atoms with Gasteiger partial charge in [-0.1, -0.05) is 12.1 Å². The highest BCUT2D eigenvalue weighted by Gasteiger charge is 2.07. The molecule has 5 heteroatoms. The second kappa shape index (κ2) is 8.24. The van der Waals surface area contributed by atoms with Gasteiger partial charge in [-0.2, -0.15) is 0 Å². The predicted molar refractivity (Wildman–Crippen MR) is 90.4 cm³/mol. The Morgan fingerprint density at radius 1 is 0.708 bits per heavy atom. The van der Waals surface area contributed by atoms with Crippen LogP contribution < -0.4 is 0 Å². The van der Waals surface area contributed by atoms with E-state index in [0.29, 0.717) is 38.5 Å². The topological polar surface area (TPSA) is 98.0 Å². The van der Waals surface area contributed by atoms with Gasteiger partial charge in [0.2, 0.25) is 0 Å². The molecule has 0 fully saturated rings. The first-order chi connectivity index (χ1) is 11.5. The van der Waals surface area contributed by atoms with E-state index in [4.69, 9.17) is 0 Å². The smallest absolute Gasteiger partial charge is 0.132 e. The van der Waals surface area contributed by atoms with Crippen molar-refractivity contribution in [1.29, 1.82) is 0 Å². The summed E-state index contributed by atoms with van der Waals surface area (Å²) >= 11 is 0. The number of benzene rings is 2. The maximum Gasteiger partial charge on any atom is 0.132 e. The van der Waals surface area contributed by atoms with Crippen molar-refractivity contribution in [3.05, 3.63) is 47.5 Å². The fourth-order valence-corrected chi connectivity index (χ4v) is 2.60. The van der Waals surface area contributed by atoms with Crippen LogP contribution in [0.5, 0.6) is 23.0 Å². The molecule has 128 valence electrons. The molecule has 2 aromatic rings. The summed E-state index contributed by atoms with van der Waals surface area (Å²) in [6.45, 7) is 0. The van der Waals surface area contributed by atoms with Crippen molar-refractivity contribution in [2.75, 3.05) is 0 Å². The monoisotopic (exact) mass is 330 g/mol. The second-order valence-corrected chi connectivity index (χ2v) is 5.87. The van der Waals surface area contributed by atoms with E-state index in [0.717, 1.165) is 11.1 Å². The highest BCUT2D eigenvalue weighted by atomic mass is 16.3. The summed E-state index contributed by atoms with van der Waals surface area (Å²) in [4.78, 5) is 11.9. The maximum absolute atomic E-state index is 11.9. The molecule has 24 heavy (non-hydrogen) atoms. The average Bonchev–Trinajstić information content (AvgIpc) is 2.51. The number of rotatable bonds is 8. The van der Waals surface area contributed by atoms with E-state index in [2.05, 4.69) is 0 Å². The number of carbonyl (C=O) groups is 1. The van der Waals surface area contributed by atoms with Gasteiger partial charge in [-0.3, -0.25) is 4.79 Å². The van der Waals surface area contributed by atoms with E-state index in [1.807, 2.05) is 0 Å². The van der Waals surface area contributed by atoms with Gasteiger partial charge >= 0.3 is 0 Å². The molecule has 2 aromatic carbocycles. The van der Waals surface area contributed by atoms with Gasteiger partial charge < -0.3 is 20.4 Å². The van der Waals surface area contributed by atoms with Gasteiger partial charge in [0.1, 0.15) is 28.8 Å². The minimum absolute atomic E-state index is 0.0183.